The molecule has 1 amide bonds. The molecule has 27 heavy (non-hydrogen) atoms. The summed E-state index contributed by atoms with van der Waals surface area (Å²) in [5.41, 5.74) is 2.91. The monoisotopic (exact) mass is 383 g/mol. The molecule has 9 heteroatoms. The van der Waals surface area contributed by atoms with E-state index in [-0.39, 0.29) is 23.9 Å². The first-order chi connectivity index (χ1) is 12.9. The first-order valence-corrected chi connectivity index (χ1v) is 9.75. The van der Waals surface area contributed by atoms with Crippen molar-refractivity contribution < 1.29 is 13.2 Å². The summed E-state index contributed by atoms with van der Waals surface area (Å²) in [5, 5.41) is 10.6. The van der Waals surface area contributed by atoms with Gasteiger partial charge in [0.15, 0.2) is 0 Å². The summed E-state index contributed by atoms with van der Waals surface area (Å²) in [7, 11) is -3.74. The standard InChI is InChI=1S/C18H17N5O3S/c1-13(24)20-15-6-8-17(9-7-15)27(25,26)22-11-14-4-2-3-5-18(14)23-16(12-22)10-19-21-23/h2-10H,11-12H2,1H3,(H,20,24). The zero-order valence-electron chi connectivity index (χ0n) is 14.5. The lowest BCUT2D eigenvalue weighted by atomic mass is 10.2. The molecule has 0 saturated carbocycles. The number of benzene rings is 2. The summed E-state index contributed by atoms with van der Waals surface area (Å²) in [6.45, 7) is 1.79. The Morgan fingerprint density at radius 2 is 1.81 bits per heavy atom. The van der Waals surface area contributed by atoms with Crippen molar-refractivity contribution in [2.45, 2.75) is 24.9 Å². The van der Waals surface area contributed by atoms with Gasteiger partial charge >= 0.3 is 0 Å². The van der Waals surface area contributed by atoms with E-state index in [0.717, 1.165) is 11.3 Å². The Kier molecular flexibility index (Phi) is 4.25. The van der Waals surface area contributed by atoms with Gasteiger partial charge in [0, 0.05) is 19.2 Å². The molecule has 0 unspecified atom stereocenters. The molecule has 0 saturated heterocycles. The van der Waals surface area contributed by atoms with Gasteiger partial charge in [0.25, 0.3) is 0 Å². The third-order valence-electron chi connectivity index (χ3n) is 4.34. The molecule has 1 aromatic heterocycles. The van der Waals surface area contributed by atoms with Crippen molar-refractivity contribution in [3.8, 4) is 5.69 Å². The SMILES string of the molecule is CC(=O)Nc1ccc(S(=O)(=O)N2Cc3ccccc3-n3nncc3C2)cc1. The van der Waals surface area contributed by atoms with Crippen LogP contribution in [0.4, 0.5) is 5.69 Å². The second-order valence-electron chi connectivity index (χ2n) is 6.24. The largest absolute Gasteiger partial charge is 0.326 e. The van der Waals surface area contributed by atoms with Crippen LogP contribution in [-0.4, -0.2) is 33.6 Å². The predicted octanol–water partition coefficient (Wildman–Crippen LogP) is 1.93. The molecule has 2 aromatic carbocycles. The number of amides is 1. The lowest BCUT2D eigenvalue weighted by Gasteiger charge is -2.20. The van der Waals surface area contributed by atoms with Crippen LogP contribution in [0, 0.1) is 0 Å². The Labute approximate surface area is 156 Å². The molecule has 1 aliphatic heterocycles. The number of anilines is 1. The highest BCUT2D eigenvalue weighted by Crippen LogP contribution is 2.28. The van der Waals surface area contributed by atoms with Crippen molar-refractivity contribution in [1.29, 1.82) is 0 Å². The molecule has 8 nitrogen and oxygen atoms in total. The number of hydrogen-bond acceptors (Lipinski definition) is 5. The van der Waals surface area contributed by atoms with Crippen LogP contribution in [0.1, 0.15) is 18.2 Å². The van der Waals surface area contributed by atoms with E-state index in [0.29, 0.717) is 11.4 Å². The van der Waals surface area contributed by atoms with Crippen LogP contribution < -0.4 is 5.32 Å². The molecule has 0 aliphatic carbocycles. The van der Waals surface area contributed by atoms with Crippen LogP contribution in [-0.2, 0) is 27.9 Å². The predicted molar refractivity (Wildman–Crippen MR) is 98.5 cm³/mol. The lowest BCUT2D eigenvalue weighted by molar-refractivity contribution is -0.114. The molecule has 138 valence electrons. The summed E-state index contributed by atoms with van der Waals surface area (Å²) in [4.78, 5) is 11.3. The van der Waals surface area contributed by atoms with E-state index in [1.54, 1.807) is 23.0 Å². The summed E-state index contributed by atoms with van der Waals surface area (Å²) < 4.78 is 29.5. The van der Waals surface area contributed by atoms with Gasteiger partial charge in [-0.25, -0.2) is 13.1 Å². The Morgan fingerprint density at radius 3 is 2.56 bits per heavy atom. The third kappa shape index (κ3) is 3.22. The van der Waals surface area contributed by atoms with Gasteiger partial charge in [-0.2, -0.15) is 4.31 Å². The molecule has 0 atom stereocenters. The number of fused-ring (bicyclic) bond motifs is 3. The summed E-state index contributed by atoms with van der Waals surface area (Å²) in [5.74, 6) is -0.213. The Morgan fingerprint density at radius 1 is 1.07 bits per heavy atom. The van der Waals surface area contributed by atoms with Crippen molar-refractivity contribution in [3.63, 3.8) is 0 Å². The van der Waals surface area contributed by atoms with Crippen molar-refractivity contribution in [1.82, 2.24) is 19.3 Å². The van der Waals surface area contributed by atoms with E-state index in [1.807, 2.05) is 24.3 Å². The molecule has 2 heterocycles. The zero-order chi connectivity index (χ0) is 19.0. The maximum atomic E-state index is 13.2. The van der Waals surface area contributed by atoms with E-state index in [2.05, 4.69) is 15.6 Å². The van der Waals surface area contributed by atoms with E-state index < -0.39 is 10.0 Å². The molecule has 3 aromatic rings. The minimum atomic E-state index is -3.74. The maximum absolute atomic E-state index is 13.2. The topological polar surface area (TPSA) is 97.2 Å². The zero-order valence-corrected chi connectivity index (χ0v) is 15.3. The minimum absolute atomic E-state index is 0.162. The van der Waals surface area contributed by atoms with E-state index in [4.69, 9.17) is 0 Å². The number of nitrogens with zero attached hydrogens (tertiary/aromatic N) is 4. The number of rotatable bonds is 3. The quantitative estimate of drug-likeness (QED) is 0.745. The highest BCUT2D eigenvalue weighted by atomic mass is 32.2. The molecule has 0 radical (unpaired) electrons. The van der Waals surface area contributed by atoms with E-state index in [1.165, 1.54) is 23.4 Å². The van der Waals surface area contributed by atoms with Crippen LogP contribution in [0.3, 0.4) is 0 Å². The number of aromatic nitrogens is 3. The summed E-state index contributed by atoms with van der Waals surface area (Å²) >= 11 is 0. The van der Waals surface area contributed by atoms with Gasteiger partial charge in [0.2, 0.25) is 15.9 Å². The first-order valence-electron chi connectivity index (χ1n) is 8.31. The fourth-order valence-electron chi connectivity index (χ4n) is 3.08. The van der Waals surface area contributed by atoms with Gasteiger partial charge in [-0.05, 0) is 35.9 Å². The Balaban J connectivity index is 1.72. The molecule has 0 fully saturated rings. The van der Waals surface area contributed by atoms with Gasteiger partial charge in [-0.15, -0.1) is 5.10 Å². The van der Waals surface area contributed by atoms with Crippen LogP contribution >= 0.6 is 0 Å². The van der Waals surface area contributed by atoms with Crippen LogP contribution in [0.15, 0.2) is 59.6 Å². The molecule has 0 spiro atoms. The van der Waals surface area contributed by atoms with Gasteiger partial charge in [-0.3, -0.25) is 4.79 Å². The van der Waals surface area contributed by atoms with Crippen molar-refractivity contribution in [2.75, 3.05) is 5.32 Å². The second-order valence-corrected chi connectivity index (χ2v) is 8.18. The van der Waals surface area contributed by atoms with Crippen molar-refractivity contribution in [3.05, 3.63) is 66.0 Å². The fraction of sp³-hybridized carbons (Fsp3) is 0.167. The number of nitrogens with one attached hydrogen (secondary N) is 1. The molecule has 1 N–H and O–H groups in total. The van der Waals surface area contributed by atoms with Crippen LogP contribution in [0.2, 0.25) is 0 Å². The smallest absolute Gasteiger partial charge is 0.243 e. The van der Waals surface area contributed by atoms with Gasteiger partial charge < -0.3 is 5.32 Å². The highest BCUT2D eigenvalue weighted by molar-refractivity contribution is 7.89. The molecule has 1 aliphatic rings. The average molecular weight is 383 g/mol. The van der Waals surface area contributed by atoms with Crippen molar-refractivity contribution >= 4 is 21.6 Å². The number of carbonyl (C=O) groups excluding carboxylic acids is 1. The lowest BCUT2D eigenvalue weighted by Crippen LogP contribution is -2.29. The molecule has 4 rings (SSSR count). The maximum Gasteiger partial charge on any atom is 0.243 e. The average Bonchev–Trinajstić information content (AvgIpc) is 3.03. The summed E-state index contributed by atoms with van der Waals surface area (Å²) in [6.07, 6.45) is 1.57. The molecular weight excluding hydrogens is 366 g/mol. The summed E-state index contributed by atoms with van der Waals surface area (Å²) in [6, 6.07) is 13.7. The van der Waals surface area contributed by atoms with E-state index >= 15 is 0 Å². The Bertz CT molecular complexity index is 1110. The highest BCUT2D eigenvalue weighted by Gasteiger charge is 2.30. The number of sulfonamides is 1. The number of carbonyl (C=O) groups is 1. The number of para-hydroxylation sites is 1. The third-order valence-corrected chi connectivity index (χ3v) is 6.14. The second kappa shape index (κ2) is 6.60. The van der Waals surface area contributed by atoms with Crippen LogP contribution in [0.5, 0.6) is 0 Å². The van der Waals surface area contributed by atoms with E-state index in [9.17, 15) is 13.2 Å². The Hall–Kier alpha value is -3.04. The van der Waals surface area contributed by atoms with Gasteiger partial charge in [0.05, 0.1) is 29.0 Å². The normalized spacial score (nSPS) is 14.1. The fourth-order valence-corrected chi connectivity index (χ4v) is 4.47. The van der Waals surface area contributed by atoms with Crippen LogP contribution in [0.25, 0.3) is 5.69 Å². The molecular formula is C18H17N5O3S. The number of hydrogen-bond donors (Lipinski definition) is 1. The molecule has 0 bridgehead atoms. The minimum Gasteiger partial charge on any atom is -0.326 e. The van der Waals surface area contributed by atoms with Gasteiger partial charge in [-0.1, -0.05) is 23.4 Å². The van der Waals surface area contributed by atoms with Gasteiger partial charge in [0.1, 0.15) is 0 Å². The van der Waals surface area contributed by atoms with Crippen molar-refractivity contribution in [2.24, 2.45) is 0 Å². The first kappa shape index (κ1) is 17.4.